The molecular weight excluding hydrogens is 402 g/mol. The van der Waals surface area contributed by atoms with Crippen LogP contribution in [0.25, 0.3) is 11.3 Å². The Labute approximate surface area is 177 Å². The molecule has 2 N–H and O–H groups in total. The van der Waals surface area contributed by atoms with Crippen LogP contribution in [-0.4, -0.2) is 39.1 Å². The second-order valence-corrected chi connectivity index (χ2v) is 7.47. The van der Waals surface area contributed by atoms with Crippen molar-refractivity contribution in [1.29, 1.82) is 0 Å². The van der Waals surface area contributed by atoms with E-state index in [9.17, 15) is 19.5 Å². The van der Waals surface area contributed by atoms with Gasteiger partial charge in [-0.15, -0.1) is 11.8 Å². The van der Waals surface area contributed by atoms with Gasteiger partial charge in [-0.1, -0.05) is 42.5 Å². The monoisotopic (exact) mass is 423 g/mol. The quantitative estimate of drug-likeness (QED) is 0.540. The maximum Gasteiger partial charge on any atom is 0.326 e. The molecule has 1 atom stereocenters. The number of aliphatic carboxylic acids is 1. The first-order valence-corrected chi connectivity index (χ1v) is 10.5. The van der Waals surface area contributed by atoms with E-state index < -0.39 is 23.5 Å². The van der Waals surface area contributed by atoms with Gasteiger partial charge in [0.25, 0.3) is 5.56 Å². The number of carbonyl (C=O) groups is 2. The highest BCUT2D eigenvalue weighted by Crippen LogP contribution is 2.20. The average molecular weight is 423 g/mol. The lowest BCUT2D eigenvalue weighted by atomic mass is 10.1. The van der Waals surface area contributed by atoms with E-state index >= 15 is 0 Å². The maximum atomic E-state index is 12.4. The SMILES string of the molecule is CSc1ccc(-c2ccc(=O)n(CC(=O)NC(Cc3ccccc3)C(=O)O)n2)cc1. The van der Waals surface area contributed by atoms with E-state index in [2.05, 4.69) is 10.4 Å². The molecule has 1 amide bonds. The number of benzene rings is 2. The van der Waals surface area contributed by atoms with Gasteiger partial charge >= 0.3 is 5.97 Å². The van der Waals surface area contributed by atoms with Gasteiger partial charge in [-0.05, 0) is 30.0 Å². The fraction of sp³-hybridized carbons (Fsp3) is 0.182. The van der Waals surface area contributed by atoms with E-state index in [4.69, 9.17) is 0 Å². The zero-order valence-electron chi connectivity index (χ0n) is 16.3. The molecule has 0 spiro atoms. The molecule has 0 aliphatic carbocycles. The molecule has 0 saturated carbocycles. The van der Waals surface area contributed by atoms with Crippen LogP contribution < -0.4 is 10.9 Å². The van der Waals surface area contributed by atoms with Crippen molar-refractivity contribution in [1.82, 2.24) is 15.1 Å². The molecule has 0 fully saturated rings. The summed E-state index contributed by atoms with van der Waals surface area (Å²) in [7, 11) is 0. The summed E-state index contributed by atoms with van der Waals surface area (Å²) in [5.74, 6) is -1.74. The number of hydrogen-bond acceptors (Lipinski definition) is 5. The van der Waals surface area contributed by atoms with Gasteiger partial charge in [-0.25, -0.2) is 9.48 Å². The molecule has 0 aliphatic heterocycles. The Hall–Kier alpha value is -3.39. The van der Waals surface area contributed by atoms with Gasteiger partial charge in [-0.3, -0.25) is 9.59 Å². The largest absolute Gasteiger partial charge is 0.480 e. The number of thioether (sulfide) groups is 1. The standard InChI is InChI=1S/C22H21N3O4S/c1-30-17-9-7-16(8-10-17)18-11-12-21(27)25(24-18)14-20(26)23-19(22(28)29)13-15-5-3-2-4-6-15/h2-12,19H,13-14H2,1H3,(H,23,26)(H,28,29). The van der Waals surface area contributed by atoms with Crippen LogP contribution in [0.3, 0.4) is 0 Å². The van der Waals surface area contributed by atoms with Crippen molar-refractivity contribution in [3.05, 3.63) is 82.6 Å². The van der Waals surface area contributed by atoms with Crippen LogP contribution in [0.5, 0.6) is 0 Å². The molecule has 7 nitrogen and oxygen atoms in total. The Morgan fingerprint density at radius 2 is 1.77 bits per heavy atom. The minimum Gasteiger partial charge on any atom is -0.480 e. The molecule has 3 aromatic rings. The summed E-state index contributed by atoms with van der Waals surface area (Å²) in [6, 6.07) is 18.5. The first-order valence-electron chi connectivity index (χ1n) is 9.25. The average Bonchev–Trinajstić information content (AvgIpc) is 2.75. The summed E-state index contributed by atoms with van der Waals surface area (Å²) in [4.78, 5) is 37.2. The molecule has 0 bridgehead atoms. The highest BCUT2D eigenvalue weighted by atomic mass is 32.2. The Balaban J connectivity index is 1.73. The third kappa shape index (κ3) is 5.57. The zero-order valence-corrected chi connectivity index (χ0v) is 17.1. The molecule has 1 aromatic heterocycles. The van der Waals surface area contributed by atoms with Crippen LogP contribution in [0.15, 0.2) is 76.4 Å². The number of aromatic nitrogens is 2. The summed E-state index contributed by atoms with van der Waals surface area (Å²) < 4.78 is 1.04. The summed E-state index contributed by atoms with van der Waals surface area (Å²) >= 11 is 1.62. The molecule has 0 aliphatic rings. The fourth-order valence-corrected chi connectivity index (χ4v) is 3.31. The summed E-state index contributed by atoms with van der Waals surface area (Å²) in [6.07, 6.45) is 2.13. The van der Waals surface area contributed by atoms with Crippen molar-refractivity contribution in [2.75, 3.05) is 6.26 Å². The minimum absolute atomic E-state index is 0.145. The van der Waals surface area contributed by atoms with E-state index in [0.29, 0.717) is 5.69 Å². The second-order valence-electron chi connectivity index (χ2n) is 6.59. The zero-order chi connectivity index (χ0) is 21.5. The lowest BCUT2D eigenvalue weighted by Crippen LogP contribution is -2.44. The number of rotatable bonds is 8. The number of nitrogens with one attached hydrogen (secondary N) is 1. The molecule has 2 aromatic carbocycles. The van der Waals surface area contributed by atoms with Gasteiger partial charge in [0, 0.05) is 22.9 Å². The predicted molar refractivity (Wildman–Crippen MR) is 115 cm³/mol. The third-order valence-electron chi connectivity index (χ3n) is 4.46. The molecule has 1 unspecified atom stereocenters. The van der Waals surface area contributed by atoms with Gasteiger partial charge in [0.05, 0.1) is 5.69 Å². The lowest BCUT2D eigenvalue weighted by molar-refractivity contribution is -0.141. The van der Waals surface area contributed by atoms with E-state index in [-0.39, 0.29) is 13.0 Å². The number of carboxylic acid groups (broad SMARTS) is 1. The number of carboxylic acids is 1. The van der Waals surface area contributed by atoms with Crippen molar-refractivity contribution in [3.8, 4) is 11.3 Å². The molecular formula is C22H21N3O4S. The molecule has 0 radical (unpaired) electrons. The minimum atomic E-state index is -1.14. The van der Waals surface area contributed by atoms with Crippen LogP contribution >= 0.6 is 11.8 Å². The highest BCUT2D eigenvalue weighted by molar-refractivity contribution is 7.98. The summed E-state index contributed by atoms with van der Waals surface area (Å²) in [6.45, 7) is -0.367. The Morgan fingerprint density at radius 3 is 2.40 bits per heavy atom. The van der Waals surface area contributed by atoms with Crippen molar-refractivity contribution in [2.24, 2.45) is 0 Å². The molecule has 1 heterocycles. The lowest BCUT2D eigenvalue weighted by Gasteiger charge is -2.15. The van der Waals surface area contributed by atoms with E-state index in [1.807, 2.05) is 36.6 Å². The summed E-state index contributed by atoms with van der Waals surface area (Å²) in [5, 5.41) is 16.2. The van der Waals surface area contributed by atoms with E-state index in [1.54, 1.807) is 42.1 Å². The number of hydrogen-bond donors (Lipinski definition) is 2. The highest BCUT2D eigenvalue weighted by Gasteiger charge is 2.21. The van der Waals surface area contributed by atoms with Crippen LogP contribution in [0.4, 0.5) is 0 Å². The van der Waals surface area contributed by atoms with Crippen molar-refractivity contribution in [2.45, 2.75) is 23.9 Å². The Morgan fingerprint density at radius 1 is 1.07 bits per heavy atom. The van der Waals surface area contributed by atoms with Gasteiger partial charge in [0.2, 0.25) is 5.91 Å². The Bertz CT molecular complexity index is 1080. The van der Waals surface area contributed by atoms with E-state index in [0.717, 1.165) is 20.7 Å². The topological polar surface area (TPSA) is 101 Å². The number of amides is 1. The fourth-order valence-electron chi connectivity index (χ4n) is 2.90. The second kappa shape index (κ2) is 9.89. The molecule has 8 heteroatoms. The van der Waals surface area contributed by atoms with Crippen molar-refractivity contribution in [3.63, 3.8) is 0 Å². The molecule has 154 valence electrons. The molecule has 3 rings (SSSR count). The predicted octanol–water partition coefficient (Wildman–Crippen LogP) is 2.44. The maximum absolute atomic E-state index is 12.4. The Kier molecular flexibility index (Phi) is 7.03. The number of nitrogens with zero attached hydrogens (tertiary/aromatic N) is 2. The molecule has 30 heavy (non-hydrogen) atoms. The normalized spacial score (nSPS) is 11.6. The van der Waals surface area contributed by atoms with Crippen LogP contribution in [0, 0.1) is 0 Å². The van der Waals surface area contributed by atoms with Crippen molar-refractivity contribution < 1.29 is 14.7 Å². The van der Waals surface area contributed by atoms with Crippen LogP contribution in [-0.2, 0) is 22.6 Å². The first-order chi connectivity index (χ1) is 14.5. The van der Waals surface area contributed by atoms with Crippen LogP contribution in [0.2, 0.25) is 0 Å². The number of carbonyl (C=O) groups excluding carboxylic acids is 1. The van der Waals surface area contributed by atoms with Gasteiger partial charge in [0.1, 0.15) is 12.6 Å². The molecule has 0 saturated heterocycles. The van der Waals surface area contributed by atoms with Gasteiger partial charge < -0.3 is 10.4 Å². The van der Waals surface area contributed by atoms with Gasteiger partial charge in [-0.2, -0.15) is 5.10 Å². The van der Waals surface area contributed by atoms with Gasteiger partial charge in [0.15, 0.2) is 0 Å². The smallest absolute Gasteiger partial charge is 0.326 e. The summed E-state index contributed by atoms with van der Waals surface area (Å²) in [5.41, 5.74) is 1.71. The van der Waals surface area contributed by atoms with Crippen molar-refractivity contribution >= 4 is 23.6 Å². The van der Waals surface area contributed by atoms with E-state index in [1.165, 1.54) is 6.07 Å². The third-order valence-corrected chi connectivity index (χ3v) is 5.21. The first kappa shape index (κ1) is 21.3. The van der Waals surface area contributed by atoms with Crippen LogP contribution in [0.1, 0.15) is 5.56 Å².